The normalized spacial score (nSPS) is 11.8. The molecular formula is C20H26N2O5. The molecule has 0 aliphatic heterocycles. The Morgan fingerprint density at radius 1 is 1.15 bits per heavy atom. The van der Waals surface area contributed by atoms with Crippen LogP contribution in [0.2, 0.25) is 0 Å². The summed E-state index contributed by atoms with van der Waals surface area (Å²) in [6, 6.07) is 11.1. The molecule has 1 N–H and O–H groups in total. The lowest BCUT2D eigenvalue weighted by atomic mass is 10.1. The molecule has 1 amide bonds. The number of hydrogen-bond donors (Lipinski definition) is 1. The number of carbonyl (C=O) groups excluding carboxylic acids is 2. The molecule has 1 unspecified atom stereocenters. The summed E-state index contributed by atoms with van der Waals surface area (Å²) < 4.78 is 12.0. The first-order chi connectivity index (χ1) is 13.1. The van der Waals surface area contributed by atoms with Crippen LogP contribution in [0.5, 0.6) is 0 Å². The molecule has 1 aromatic heterocycles. The third kappa shape index (κ3) is 5.94. The van der Waals surface area contributed by atoms with Gasteiger partial charge in [-0.1, -0.05) is 6.92 Å². The molecule has 27 heavy (non-hydrogen) atoms. The van der Waals surface area contributed by atoms with Gasteiger partial charge in [-0.3, -0.25) is 9.59 Å². The van der Waals surface area contributed by atoms with Gasteiger partial charge in [0.25, 0.3) is 5.91 Å². The average molecular weight is 374 g/mol. The summed E-state index contributed by atoms with van der Waals surface area (Å²) >= 11 is 0. The molecule has 0 fully saturated rings. The van der Waals surface area contributed by atoms with Crippen molar-refractivity contribution in [3.8, 4) is 5.69 Å². The third-order valence-corrected chi connectivity index (χ3v) is 4.14. The second kappa shape index (κ2) is 10.5. The number of amides is 1. The van der Waals surface area contributed by atoms with Crippen LogP contribution in [-0.4, -0.2) is 66.5 Å². The number of hydrogen-bond acceptors (Lipinski definition) is 5. The van der Waals surface area contributed by atoms with E-state index in [0.717, 1.165) is 5.69 Å². The Labute approximate surface area is 159 Å². The van der Waals surface area contributed by atoms with Crippen molar-refractivity contribution < 1.29 is 24.2 Å². The van der Waals surface area contributed by atoms with Gasteiger partial charge in [-0.05, 0) is 36.4 Å². The van der Waals surface area contributed by atoms with Crippen LogP contribution < -0.4 is 0 Å². The van der Waals surface area contributed by atoms with Crippen LogP contribution in [0.25, 0.3) is 5.69 Å². The highest BCUT2D eigenvalue weighted by atomic mass is 16.5. The van der Waals surface area contributed by atoms with Gasteiger partial charge in [0.2, 0.25) is 0 Å². The van der Waals surface area contributed by atoms with E-state index in [1.807, 2.05) is 41.2 Å². The minimum Gasteiger partial charge on any atom is -0.469 e. The van der Waals surface area contributed by atoms with Gasteiger partial charge in [-0.25, -0.2) is 0 Å². The molecule has 0 saturated carbocycles. The van der Waals surface area contributed by atoms with E-state index in [1.54, 1.807) is 24.0 Å². The largest absolute Gasteiger partial charge is 0.469 e. The summed E-state index contributed by atoms with van der Waals surface area (Å²) in [5.74, 6) is -1.000. The topological polar surface area (TPSA) is 81.0 Å². The fourth-order valence-electron chi connectivity index (χ4n) is 2.69. The Hall–Kier alpha value is -2.64. The van der Waals surface area contributed by atoms with Crippen molar-refractivity contribution in [2.45, 2.75) is 6.92 Å². The van der Waals surface area contributed by atoms with Gasteiger partial charge in [0, 0.05) is 36.7 Å². The maximum absolute atomic E-state index is 12.9. The summed E-state index contributed by atoms with van der Waals surface area (Å²) in [4.78, 5) is 26.2. The van der Waals surface area contributed by atoms with E-state index in [-0.39, 0.29) is 38.2 Å². The van der Waals surface area contributed by atoms with Crippen LogP contribution in [0, 0.1) is 5.92 Å². The third-order valence-electron chi connectivity index (χ3n) is 4.14. The predicted molar refractivity (Wildman–Crippen MR) is 101 cm³/mol. The second-order valence-corrected chi connectivity index (χ2v) is 6.15. The molecule has 0 saturated heterocycles. The number of carbonyl (C=O) groups is 2. The lowest BCUT2D eigenvalue weighted by Gasteiger charge is -2.25. The van der Waals surface area contributed by atoms with Crippen molar-refractivity contribution in [3.63, 3.8) is 0 Å². The molecule has 0 aliphatic rings. The Balaban J connectivity index is 2.09. The molecule has 146 valence electrons. The van der Waals surface area contributed by atoms with Gasteiger partial charge in [-0.15, -0.1) is 0 Å². The van der Waals surface area contributed by atoms with E-state index in [1.165, 1.54) is 7.11 Å². The number of esters is 1. The van der Waals surface area contributed by atoms with E-state index in [4.69, 9.17) is 14.6 Å². The monoisotopic (exact) mass is 374 g/mol. The second-order valence-electron chi connectivity index (χ2n) is 6.15. The first kappa shape index (κ1) is 20.7. The number of aromatic nitrogens is 1. The molecule has 1 heterocycles. The molecule has 0 spiro atoms. The molecular weight excluding hydrogens is 348 g/mol. The number of aliphatic hydroxyl groups excluding tert-OH is 1. The smallest absolute Gasteiger partial charge is 0.310 e. The van der Waals surface area contributed by atoms with Crippen molar-refractivity contribution in [2.75, 3.05) is 40.0 Å². The zero-order valence-electron chi connectivity index (χ0n) is 15.7. The van der Waals surface area contributed by atoms with E-state index in [0.29, 0.717) is 12.1 Å². The molecule has 0 radical (unpaired) electrons. The van der Waals surface area contributed by atoms with E-state index in [2.05, 4.69) is 0 Å². The highest BCUT2D eigenvalue weighted by Gasteiger charge is 2.22. The zero-order valence-corrected chi connectivity index (χ0v) is 15.7. The Bertz CT molecular complexity index is 712. The van der Waals surface area contributed by atoms with Gasteiger partial charge >= 0.3 is 5.97 Å². The molecule has 2 rings (SSSR count). The van der Waals surface area contributed by atoms with Crippen molar-refractivity contribution in [1.29, 1.82) is 0 Å². The van der Waals surface area contributed by atoms with Crippen LogP contribution in [0.4, 0.5) is 0 Å². The molecule has 1 aromatic carbocycles. The maximum Gasteiger partial charge on any atom is 0.310 e. The summed E-state index contributed by atoms with van der Waals surface area (Å²) in [5, 5.41) is 8.80. The van der Waals surface area contributed by atoms with Crippen LogP contribution in [-0.2, 0) is 14.3 Å². The minimum atomic E-state index is -0.448. The molecule has 7 nitrogen and oxygen atoms in total. The van der Waals surface area contributed by atoms with Crippen LogP contribution in [0.1, 0.15) is 17.3 Å². The number of nitrogens with zero attached hydrogens (tertiary/aromatic N) is 2. The molecule has 7 heteroatoms. The van der Waals surface area contributed by atoms with E-state index < -0.39 is 5.92 Å². The van der Waals surface area contributed by atoms with Gasteiger partial charge < -0.3 is 24.0 Å². The lowest BCUT2D eigenvalue weighted by Crippen LogP contribution is -2.39. The number of rotatable bonds is 10. The standard InChI is InChI=1S/C20H26N2O5/c1-16(20(25)26-2)15-22(11-13-27-14-12-23)19(24)17-5-7-18(8-6-17)21-9-3-4-10-21/h3-10,16,23H,11-15H2,1-2H3. The minimum absolute atomic E-state index is 0.0760. The van der Waals surface area contributed by atoms with Crippen molar-refractivity contribution in [3.05, 3.63) is 54.4 Å². The number of aliphatic hydroxyl groups is 1. The first-order valence-electron chi connectivity index (χ1n) is 8.86. The van der Waals surface area contributed by atoms with Gasteiger partial charge in [0.1, 0.15) is 0 Å². The molecule has 0 aliphatic carbocycles. The number of benzene rings is 1. The van der Waals surface area contributed by atoms with E-state index in [9.17, 15) is 9.59 Å². The molecule has 0 bridgehead atoms. The molecule has 2 aromatic rings. The Morgan fingerprint density at radius 2 is 1.81 bits per heavy atom. The summed E-state index contributed by atoms with van der Waals surface area (Å²) in [7, 11) is 1.33. The van der Waals surface area contributed by atoms with Crippen LogP contribution >= 0.6 is 0 Å². The molecule has 1 atom stereocenters. The van der Waals surface area contributed by atoms with Crippen molar-refractivity contribution in [2.24, 2.45) is 5.92 Å². The highest BCUT2D eigenvalue weighted by Crippen LogP contribution is 2.13. The Kier molecular flexibility index (Phi) is 8.03. The number of methoxy groups -OCH3 is 1. The fraction of sp³-hybridized carbons (Fsp3) is 0.400. The fourth-order valence-corrected chi connectivity index (χ4v) is 2.69. The average Bonchev–Trinajstić information content (AvgIpc) is 3.24. The van der Waals surface area contributed by atoms with Crippen LogP contribution in [0.15, 0.2) is 48.8 Å². The van der Waals surface area contributed by atoms with E-state index >= 15 is 0 Å². The first-order valence-corrected chi connectivity index (χ1v) is 8.86. The summed E-state index contributed by atoms with van der Waals surface area (Å²) in [6.45, 7) is 2.68. The maximum atomic E-state index is 12.9. The number of ether oxygens (including phenoxy) is 2. The SMILES string of the molecule is COC(=O)C(C)CN(CCOCCO)C(=O)c1ccc(-n2cccc2)cc1. The quantitative estimate of drug-likeness (QED) is 0.506. The summed E-state index contributed by atoms with van der Waals surface area (Å²) in [5.41, 5.74) is 1.49. The lowest BCUT2D eigenvalue weighted by molar-refractivity contribution is -0.145. The van der Waals surface area contributed by atoms with Gasteiger partial charge in [0.15, 0.2) is 0 Å². The highest BCUT2D eigenvalue weighted by molar-refractivity contribution is 5.94. The van der Waals surface area contributed by atoms with Crippen molar-refractivity contribution in [1.82, 2.24) is 9.47 Å². The van der Waals surface area contributed by atoms with Gasteiger partial charge in [0.05, 0.1) is 32.8 Å². The zero-order chi connectivity index (χ0) is 19.6. The Morgan fingerprint density at radius 3 is 2.41 bits per heavy atom. The summed E-state index contributed by atoms with van der Waals surface area (Å²) in [6.07, 6.45) is 3.86. The van der Waals surface area contributed by atoms with Crippen LogP contribution in [0.3, 0.4) is 0 Å². The predicted octanol–water partition coefficient (Wildman–Crippen LogP) is 1.74. The van der Waals surface area contributed by atoms with Gasteiger partial charge in [-0.2, -0.15) is 0 Å². The van der Waals surface area contributed by atoms with Crippen molar-refractivity contribution >= 4 is 11.9 Å².